The Morgan fingerprint density at radius 2 is 1.76 bits per heavy atom. The largest absolute Gasteiger partial charge is 0.497 e. The lowest BCUT2D eigenvalue weighted by atomic mass is 9.77. The molecule has 1 aromatic heterocycles. The first kappa shape index (κ1) is 19.7. The molecule has 3 heterocycles. The molecule has 0 saturated carbocycles. The molecule has 29 heavy (non-hydrogen) atoms. The fraction of sp³-hybridized carbons (Fsp3) is 0.524. The van der Waals surface area contributed by atoms with Crippen molar-refractivity contribution in [2.45, 2.75) is 57.7 Å². The van der Waals surface area contributed by atoms with Crippen LogP contribution in [0.1, 0.15) is 40.5 Å². The maximum absolute atomic E-state index is 5.25. The van der Waals surface area contributed by atoms with E-state index in [2.05, 4.69) is 60.9 Å². The van der Waals surface area contributed by atoms with Crippen LogP contribution >= 0.6 is 0 Å². The molecule has 0 spiro atoms. The lowest BCUT2D eigenvalue weighted by Gasteiger charge is -2.53. The minimum Gasteiger partial charge on any atom is -0.497 e. The quantitative estimate of drug-likeness (QED) is 0.723. The molecule has 0 aliphatic carbocycles. The first-order valence-electron chi connectivity index (χ1n) is 10.0. The molecule has 0 radical (unpaired) electrons. The number of likely N-dealkylation sites (tertiary alicyclic amines) is 1. The van der Waals surface area contributed by atoms with Gasteiger partial charge in [0.25, 0.3) is 0 Å². The number of fused-ring (bicyclic) bond motifs is 1. The standard InChI is InChI=1S/C21H31N7O/c1-20(2)11-14(12-21(3,4)27(20)5)23-19-22-13-17-18(24-19)28(26-25-17)15-7-9-16(29-6)10-8-15/h7-10,13-14,25-26H,11-12H2,1-6H3,(H,22,23,24). The molecule has 2 aliphatic rings. The molecule has 1 fully saturated rings. The molecule has 0 unspecified atom stereocenters. The summed E-state index contributed by atoms with van der Waals surface area (Å²) in [4.78, 5) is 11.8. The van der Waals surface area contributed by atoms with Crippen LogP contribution in [0.2, 0.25) is 0 Å². The smallest absolute Gasteiger partial charge is 0.225 e. The van der Waals surface area contributed by atoms with Crippen LogP contribution in [-0.2, 0) is 0 Å². The summed E-state index contributed by atoms with van der Waals surface area (Å²) >= 11 is 0. The van der Waals surface area contributed by atoms with Crippen LogP contribution < -0.4 is 26.0 Å². The average Bonchev–Trinajstić information content (AvgIpc) is 3.09. The first-order valence-corrected chi connectivity index (χ1v) is 10.0. The highest BCUT2D eigenvalue weighted by molar-refractivity contribution is 5.76. The summed E-state index contributed by atoms with van der Waals surface area (Å²) in [6.45, 7) is 9.19. The number of aromatic nitrogens is 2. The number of hydrogen-bond acceptors (Lipinski definition) is 8. The van der Waals surface area contributed by atoms with Crippen LogP contribution in [0.4, 0.5) is 23.1 Å². The number of piperidine rings is 1. The van der Waals surface area contributed by atoms with Crippen LogP contribution in [0.3, 0.4) is 0 Å². The second kappa shape index (κ2) is 7.03. The SMILES string of the molecule is COc1ccc(N2NNc3cnc(NC4CC(C)(C)N(C)C(C)(C)C4)nc32)cc1. The Balaban J connectivity index is 1.55. The van der Waals surface area contributed by atoms with E-state index in [1.165, 1.54) is 0 Å². The van der Waals surface area contributed by atoms with Crippen molar-refractivity contribution < 1.29 is 4.74 Å². The van der Waals surface area contributed by atoms with Gasteiger partial charge in [0.15, 0.2) is 5.82 Å². The minimum absolute atomic E-state index is 0.106. The number of benzene rings is 1. The van der Waals surface area contributed by atoms with Crippen LogP contribution in [0, 0.1) is 0 Å². The Kier molecular flexibility index (Phi) is 4.78. The predicted octanol–water partition coefficient (Wildman–Crippen LogP) is 3.53. The second-order valence-electron chi connectivity index (χ2n) is 9.13. The van der Waals surface area contributed by atoms with Crippen molar-refractivity contribution in [1.82, 2.24) is 20.4 Å². The van der Waals surface area contributed by atoms with Gasteiger partial charge in [0.05, 0.1) is 19.0 Å². The van der Waals surface area contributed by atoms with Gasteiger partial charge in [-0.1, -0.05) is 0 Å². The first-order chi connectivity index (χ1) is 13.7. The van der Waals surface area contributed by atoms with E-state index in [9.17, 15) is 0 Å². The van der Waals surface area contributed by atoms with Crippen LogP contribution in [0.25, 0.3) is 0 Å². The molecule has 3 N–H and O–H groups in total. The number of rotatable bonds is 4. The van der Waals surface area contributed by atoms with Crippen molar-refractivity contribution in [1.29, 1.82) is 0 Å². The third-order valence-corrected chi connectivity index (χ3v) is 6.25. The van der Waals surface area contributed by atoms with Crippen molar-refractivity contribution in [3.63, 3.8) is 0 Å². The van der Waals surface area contributed by atoms with Crippen molar-refractivity contribution in [2.75, 3.05) is 29.9 Å². The van der Waals surface area contributed by atoms with Crippen molar-refractivity contribution in [2.24, 2.45) is 0 Å². The fourth-order valence-corrected chi connectivity index (χ4v) is 4.44. The van der Waals surface area contributed by atoms with Gasteiger partial charge >= 0.3 is 0 Å². The summed E-state index contributed by atoms with van der Waals surface area (Å²) < 4.78 is 5.25. The monoisotopic (exact) mass is 397 g/mol. The molecule has 8 nitrogen and oxygen atoms in total. The van der Waals surface area contributed by atoms with Gasteiger partial charge in [-0.25, -0.2) is 9.99 Å². The van der Waals surface area contributed by atoms with E-state index in [1.54, 1.807) is 7.11 Å². The number of nitrogens with one attached hydrogen (secondary N) is 3. The fourth-order valence-electron chi connectivity index (χ4n) is 4.44. The Morgan fingerprint density at radius 1 is 1.10 bits per heavy atom. The summed E-state index contributed by atoms with van der Waals surface area (Å²) in [6.07, 6.45) is 3.88. The molecular weight excluding hydrogens is 366 g/mol. The molecule has 2 aliphatic heterocycles. The molecule has 2 aromatic rings. The van der Waals surface area contributed by atoms with Gasteiger partial charge in [-0.2, -0.15) is 4.98 Å². The molecule has 0 amide bonds. The van der Waals surface area contributed by atoms with E-state index >= 15 is 0 Å². The Hall–Kier alpha value is -2.58. The number of hydrogen-bond donors (Lipinski definition) is 3. The number of methoxy groups -OCH3 is 1. The minimum atomic E-state index is 0.106. The second-order valence-corrected chi connectivity index (χ2v) is 9.13. The third-order valence-electron chi connectivity index (χ3n) is 6.25. The van der Waals surface area contributed by atoms with Crippen molar-refractivity contribution in [3.05, 3.63) is 30.5 Å². The topological polar surface area (TPSA) is 77.6 Å². The van der Waals surface area contributed by atoms with Gasteiger partial charge in [0.2, 0.25) is 5.95 Å². The van der Waals surface area contributed by atoms with Gasteiger partial charge in [0.1, 0.15) is 11.4 Å². The number of anilines is 4. The number of nitrogens with zero attached hydrogens (tertiary/aromatic N) is 4. The predicted molar refractivity (Wildman–Crippen MR) is 116 cm³/mol. The van der Waals surface area contributed by atoms with E-state index < -0.39 is 0 Å². The number of hydrazine groups is 2. The van der Waals surface area contributed by atoms with Gasteiger partial charge in [-0.05, 0) is 71.8 Å². The van der Waals surface area contributed by atoms with Crippen molar-refractivity contribution >= 4 is 23.1 Å². The molecule has 8 heteroatoms. The van der Waals surface area contributed by atoms with Crippen LogP contribution in [0.15, 0.2) is 30.5 Å². The highest BCUT2D eigenvalue weighted by atomic mass is 16.5. The van der Waals surface area contributed by atoms with Crippen LogP contribution in [-0.4, -0.2) is 46.1 Å². The maximum Gasteiger partial charge on any atom is 0.225 e. The van der Waals surface area contributed by atoms with Gasteiger partial charge < -0.3 is 10.1 Å². The highest BCUT2D eigenvalue weighted by Crippen LogP contribution is 2.38. The van der Waals surface area contributed by atoms with E-state index in [-0.39, 0.29) is 11.1 Å². The van der Waals surface area contributed by atoms with Gasteiger partial charge in [-0.3, -0.25) is 10.3 Å². The summed E-state index contributed by atoms with van der Waals surface area (Å²) in [5.41, 5.74) is 8.28. The lowest BCUT2D eigenvalue weighted by molar-refractivity contribution is -0.00778. The van der Waals surface area contributed by atoms with E-state index in [4.69, 9.17) is 9.72 Å². The van der Waals surface area contributed by atoms with Crippen molar-refractivity contribution in [3.8, 4) is 5.75 Å². The van der Waals surface area contributed by atoms with Gasteiger partial charge in [0, 0.05) is 17.1 Å². The normalized spacial score (nSPS) is 20.8. The zero-order valence-electron chi connectivity index (χ0n) is 18.1. The number of ether oxygens (including phenoxy) is 1. The summed E-state index contributed by atoms with van der Waals surface area (Å²) in [5, 5.41) is 5.49. The molecule has 156 valence electrons. The summed E-state index contributed by atoms with van der Waals surface area (Å²) in [6, 6.07) is 8.14. The molecule has 0 atom stereocenters. The zero-order valence-corrected chi connectivity index (χ0v) is 18.1. The summed E-state index contributed by atoms with van der Waals surface area (Å²) in [7, 11) is 3.88. The Labute approximate surface area is 172 Å². The Morgan fingerprint density at radius 3 is 2.38 bits per heavy atom. The third kappa shape index (κ3) is 3.70. The maximum atomic E-state index is 5.25. The highest BCUT2D eigenvalue weighted by Gasteiger charge is 2.43. The van der Waals surface area contributed by atoms with Crippen LogP contribution in [0.5, 0.6) is 5.75 Å². The van der Waals surface area contributed by atoms with E-state index in [0.717, 1.165) is 35.8 Å². The molecule has 0 bridgehead atoms. The zero-order chi connectivity index (χ0) is 20.8. The molecule has 1 aromatic carbocycles. The molecular formula is C21H31N7O. The average molecular weight is 398 g/mol. The Bertz CT molecular complexity index is 863. The molecule has 4 rings (SSSR count). The van der Waals surface area contributed by atoms with E-state index in [1.807, 2.05) is 35.5 Å². The van der Waals surface area contributed by atoms with E-state index in [0.29, 0.717) is 12.0 Å². The summed E-state index contributed by atoms with van der Waals surface area (Å²) in [5.74, 6) is 2.26. The van der Waals surface area contributed by atoms with Gasteiger partial charge in [-0.15, -0.1) is 5.53 Å². The lowest BCUT2D eigenvalue weighted by Crippen LogP contribution is -2.61. The molecule has 1 saturated heterocycles.